The molecule has 0 bridgehead atoms. The monoisotopic (exact) mass is 469 g/mol. The second-order valence-corrected chi connectivity index (χ2v) is 10.7. The molecule has 2 N–H and O–H groups in total. The van der Waals surface area contributed by atoms with Gasteiger partial charge in [0.05, 0.1) is 6.54 Å². The van der Waals surface area contributed by atoms with E-state index >= 15 is 0 Å². The van der Waals surface area contributed by atoms with Gasteiger partial charge in [-0.05, 0) is 35.9 Å². The molecule has 1 aromatic carbocycles. The first kappa shape index (κ1) is 28.7. The van der Waals surface area contributed by atoms with Gasteiger partial charge in [0, 0.05) is 23.9 Å². The van der Waals surface area contributed by atoms with Crippen molar-refractivity contribution in [3.05, 3.63) is 53.1 Å². The number of aliphatic carboxylic acids is 1. The van der Waals surface area contributed by atoms with Crippen molar-refractivity contribution in [1.82, 2.24) is 14.9 Å². The molecular formula is C25H38F3N3O2. The minimum Gasteiger partial charge on any atom is -0.475 e. The van der Waals surface area contributed by atoms with Crippen LogP contribution in [0.3, 0.4) is 0 Å². The standard InChI is InChI=1S/C23H37N3.C2HF3O2/c1-17(13-18-9-11-19(12-10-18)22(2,3)4)15-26(8)16-21-24-14-20(25-21)23(5,6)7;3-2(4,5)1(6)7/h9-12,14,17H,13,15-16H2,1-8H3,(H,24,25);(H,6,7). The van der Waals surface area contributed by atoms with Gasteiger partial charge < -0.3 is 10.1 Å². The van der Waals surface area contributed by atoms with E-state index in [0.29, 0.717) is 5.92 Å². The van der Waals surface area contributed by atoms with Gasteiger partial charge in [-0.15, -0.1) is 0 Å². The third-order valence-electron chi connectivity index (χ3n) is 5.13. The molecule has 0 aliphatic rings. The lowest BCUT2D eigenvalue weighted by atomic mass is 9.86. The Morgan fingerprint density at radius 1 is 1.06 bits per heavy atom. The minimum absolute atomic E-state index is 0.121. The van der Waals surface area contributed by atoms with Crippen molar-refractivity contribution in [3.63, 3.8) is 0 Å². The SMILES string of the molecule is CC(Cc1ccc(C(C)(C)C)cc1)CN(C)Cc1ncc(C(C)(C)C)[nH]1.O=C(O)C(F)(F)F. The number of alkyl halides is 3. The van der Waals surface area contributed by atoms with E-state index in [9.17, 15) is 13.2 Å². The second-order valence-electron chi connectivity index (χ2n) is 10.7. The van der Waals surface area contributed by atoms with E-state index in [0.717, 1.165) is 25.3 Å². The van der Waals surface area contributed by atoms with Crippen LogP contribution in [0.25, 0.3) is 0 Å². The number of benzene rings is 1. The topological polar surface area (TPSA) is 69.2 Å². The fraction of sp³-hybridized carbons (Fsp3) is 0.600. The van der Waals surface area contributed by atoms with Crippen molar-refractivity contribution in [3.8, 4) is 0 Å². The number of imidazole rings is 1. The molecule has 1 heterocycles. The van der Waals surface area contributed by atoms with Gasteiger partial charge in [0.1, 0.15) is 5.82 Å². The number of halogens is 3. The molecule has 2 aromatic rings. The summed E-state index contributed by atoms with van der Waals surface area (Å²) in [5.41, 5.74) is 4.37. The van der Waals surface area contributed by atoms with Crippen molar-refractivity contribution in [2.45, 2.75) is 78.4 Å². The maximum atomic E-state index is 10.6. The average molecular weight is 470 g/mol. The lowest BCUT2D eigenvalue weighted by Crippen LogP contribution is -2.25. The highest BCUT2D eigenvalue weighted by Gasteiger charge is 2.38. The number of aromatic amines is 1. The van der Waals surface area contributed by atoms with Crippen molar-refractivity contribution in [2.75, 3.05) is 13.6 Å². The van der Waals surface area contributed by atoms with Crippen LogP contribution in [-0.4, -0.2) is 45.7 Å². The molecule has 1 unspecified atom stereocenters. The Bertz CT molecular complexity index is 876. The van der Waals surface area contributed by atoms with Gasteiger partial charge in [0.2, 0.25) is 0 Å². The van der Waals surface area contributed by atoms with Crippen LogP contribution in [0.15, 0.2) is 30.5 Å². The summed E-state index contributed by atoms with van der Waals surface area (Å²) in [6.45, 7) is 17.7. The fourth-order valence-electron chi connectivity index (χ4n) is 3.28. The number of carboxylic acids is 1. The number of carboxylic acid groups (broad SMARTS) is 1. The number of nitrogens with one attached hydrogen (secondary N) is 1. The van der Waals surface area contributed by atoms with Crippen LogP contribution in [0.5, 0.6) is 0 Å². The van der Waals surface area contributed by atoms with E-state index in [1.165, 1.54) is 16.8 Å². The Morgan fingerprint density at radius 3 is 1.97 bits per heavy atom. The third kappa shape index (κ3) is 10.4. The summed E-state index contributed by atoms with van der Waals surface area (Å²) >= 11 is 0. The molecular weight excluding hydrogens is 431 g/mol. The van der Waals surface area contributed by atoms with Crippen LogP contribution in [0.2, 0.25) is 0 Å². The van der Waals surface area contributed by atoms with Crippen LogP contribution < -0.4 is 0 Å². The summed E-state index contributed by atoms with van der Waals surface area (Å²) in [7, 11) is 2.18. The smallest absolute Gasteiger partial charge is 0.475 e. The number of H-pyrrole nitrogens is 1. The molecule has 1 atom stereocenters. The Hall–Kier alpha value is -2.35. The summed E-state index contributed by atoms with van der Waals surface area (Å²) in [5.74, 6) is -1.09. The van der Waals surface area contributed by atoms with Gasteiger partial charge >= 0.3 is 12.1 Å². The molecule has 8 heteroatoms. The van der Waals surface area contributed by atoms with Crippen LogP contribution in [0.4, 0.5) is 13.2 Å². The highest BCUT2D eigenvalue weighted by molar-refractivity contribution is 5.73. The summed E-state index contributed by atoms with van der Waals surface area (Å²) in [5, 5.41) is 7.12. The molecule has 0 radical (unpaired) electrons. The number of carbonyl (C=O) groups is 1. The molecule has 0 aliphatic carbocycles. The number of aromatic nitrogens is 2. The highest BCUT2D eigenvalue weighted by Crippen LogP contribution is 2.23. The first-order valence-corrected chi connectivity index (χ1v) is 11.0. The first-order chi connectivity index (χ1) is 14.9. The zero-order valence-electron chi connectivity index (χ0n) is 21.0. The van der Waals surface area contributed by atoms with Crippen LogP contribution in [0.1, 0.15) is 71.1 Å². The van der Waals surface area contributed by atoms with Gasteiger partial charge in [-0.1, -0.05) is 72.7 Å². The largest absolute Gasteiger partial charge is 0.490 e. The lowest BCUT2D eigenvalue weighted by molar-refractivity contribution is -0.192. The predicted molar refractivity (Wildman–Crippen MR) is 125 cm³/mol. The Morgan fingerprint density at radius 2 is 1.58 bits per heavy atom. The summed E-state index contributed by atoms with van der Waals surface area (Å²) < 4.78 is 31.7. The van der Waals surface area contributed by atoms with Gasteiger partial charge in [-0.25, -0.2) is 9.78 Å². The molecule has 0 saturated heterocycles. The average Bonchev–Trinajstić information content (AvgIpc) is 3.09. The minimum atomic E-state index is -5.08. The Balaban J connectivity index is 0.000000675. The molecule has 5 nitrogen and oxygen atoms in total. The van der Waals surface area contributed by atoms with E-state index < -0.39 is 12.1 Å². The van der Waals surface area contributed by atoms with Crippen LogP contribution in [0, 0.1) is 5.92 Å². The molecule has 0 amide bonds. The normalized spacial score (nSPS) is 13.5. The molecule has 0 aliphatic heterocycles. The Labute approximate surface area is 195 Å². The number of nitrogens with zero attached hydrogens (tertiary/aromatic N) is 2. The first-order valence-electron chi connectivity index (χ1n) is 11.0. The van der Waals surface area contributed by atoms with E-state index in [4.69, 9.17) is 9.90 Å². The molecule has 0 saturated carbocycles. The molecule has 0 spiro atoms. The van der Waals surface area contributed by atoms with Gasteiger partial charge in [0.25, 0.3) is 0 Å². The van der Waals surface area contributed by atoms with E-state index in [2.05, 4.69) is 94.6 Å². The van der Waals surface area contributed by atoms with Gasteiger partial charge in [-0.2, -0.15) is 13.2 Å². The van der Waals surface area contributed by atoms with Crippen LogP contribution in [-0.2, 0) is 28.6 Å². The van der Waals surface area contributed by atoms with Crippen molar-refractivity contribution in [2.24, 2.45) is 5.92 Å². The van der Waals surface area contributed by atoms with E-state index in [1.54, 1.807) is 0 Å². The molecule has 33 heavy (non-hydrogen) atoms. The number of hydrogen-bond acceptors (Lipinski definition) is 3. The summed E-state index contributed by atoms with van der Waals surface area (Å²) in [4.78, 5) is 19.3. The summed E-state index contributed by atoms with van der Waals surface area (Å²) in [6.07, 6.45) is -2.00. The van der Waals surface area contributed by atoms with E-state index in [1.807, 2.05) is 6.20 Å². The molecule has 1 aromatic heterocycles. The zero-order chi connectivity index (χ0) is 25.6. The molecule has 186 valence electrons. The zero-order valence-corrected chi connectivity index (χ0v) is 21.0. The quantitative estimate of drug-likeness (QED) is 0.549. The predicted octanol–water partition coefficient (Wildman–Crippen LogP) is 5.95. The highest BCUT2D eigenvalue weighted by atomic mass is 19.4. The van der Waals surface area contributed by atoms with Crippen molar-refractivity contribution < 1.29 is 23.1 Å². The van der Waals surface area contributed by atoms with Crippen molar-refractivity contribution >= 4 is 5.97 Å². The summed E-state index contributed by atoms with van der Waals surface area (Å²) in [6, 6.07) is 9.14. The third-order valence-corrected chi connectivity index (χ3v) is 5.13. The second kappa shape index (κ2) is 11.2. The maximum absolute atomic E-state index is 10.6. The fourth-order valence-corrected chi connectivity index (χ4v) is 3.28. The number of rotatable bonds is 6. The number of hydrogen-bond donors (Lipinski definition) is 2. The van der Waals surface area contributed by atoms with E-state index in [-0.39, 0.29) is 10.8 Å². The lowest BCUT2D eigenvalue weighted by Gasteiger charge is -2.22. The van der Waals surface area contributed by atoms with Gasteiger partial charge in [0.15, 0.2) is 0 Å². The molecule has 0 fully saturated rings. The van der Waals surface area contributed by atoms with Crippen LogP contribution >= 0.6 is 0 Å². The molecule has 2 rings (SSSR count). The Kier molecular flexibility index (Phi) is 9.72. The van der Waals surface area contributed by atoms with Gasteiger partial charge in [-0.3, -0.25) is 4.90 Å². The maximum Gasteiger partial charge on any atom is 0.490 e. The van der Waals surface area contributed by atoms with Crippen molar-refractivity contribution in [1.29, 1.82) is 0 Å².